The van der Waals surface area contributed by atoms with E-state index in [1.165, 1.54) is 0 Å². The number of hydrogen-bond acceptors (Lipinski definition) is 2. The lowest BCUT2D eigenvalue weighted by molar-refractivity contribution is -0.123. The summed E-state index contributed by atoms with van der Waals surface area (Å²) in [5.41, 5.74) is 2.74. The predicted molar refractivity (Wildman–Crippen MR) is 93.7 cm³/mol. The van der Waals surface area contributed by atoms with Crippen LogP contribution in [-0.2, 0) is 21.4 Å². The summed E-state index contributed by atoms with van der Waals surface area (Å²) in [7, 11) is 1.82. The van der Waals surface area contributed by atoms with Gasteiger partial charge in [-0.3, -0.25) is 9.59 Å². The van der Waals surface area contributed by atoms with Crippen LogP contribution in [0.2, 0.25) is 0 Å². The van der Waals surface area contributed by atoms with Crippen molar-refractivity contribution in [1.82, 2.24) is 5.32 Å². The van der Waals surface area contributed by atoms with Gasteiger partial charge >= 0.3 is 0 Å². The zero-order valence-electron chi connectivity index (χ0n) is 15.1. The quantitative estimate of drug-likeness (QED) is 0.928. The van der Waals surface area contributed by atoms with Crippen LogP contribution in [0.4, 0.5) is 5.69 Å². The summed E-state index contributed by atoms with van der Waals surface area (Å²) in [5, 5.41) is 2.98. The van der Waals surface area contributed by atoms with Gasteiger partial charge in [0.2, 0.25) is 11.8 Å². The highest BCUT2D eigenvalue weighted by Crippen LogP contribution is 2.41. The molecule has 2 amide bonds. The Labute approximate surface area is 139 Å². The summed E-state index contributed by atoms with van der Waals surface area (Å²) in [4.78, 5) is 25.9. The number of rotatable bonds is 4. The molecule has 0 unspecified atom stereocenters. The SMILES string of the molecule is CN1C(=O)C(C)(C)c2cc(CCNC(=O)CC(C)(C)C)ccc21. The molecule has 0 spiro atoms. The number of likely N-dealkylation sites (N-methyl/N-ethyl adjacent to an activating group) is 1. The van der Waals surface area contributed by atoms with Gasteiger partial charge in [0.25, 0.3) is 0 Å². The summed E-state index contributed by atoms with van der Waals surface area (Å²) in [6.07, 6.45) is 1.31. The number of fused-ring (bicyclic) bond motifs is 1. The van der Waals surface area contributed by atoms with E-state index in [2.05, 4.69) is 32.2 Å². The fourth-order valence-corrected chi connectivity index (χ4v) is 3.07. The number of benzene rings is 1. The average molecular weight is 316 g/mol. The van der Waals surface area contributed by atoms with Crippen molar-refractivity contribution in [3.05, 3.63) is 29.3 Å². The lowest BCUT2D eigenvalue weighted by atomic mass is 9.85. The van der Waals surface area contributed by atoms with Crippen LogP contribution in [0.5, 0.6) is 0 Å². The van der Waals surface area contributed by atoms with Gasteiger partial charge in [-0.05, 0) is 42.9 Å². The van der Waals surface area contributed by atoms with Crippen LogP contribution in [0.1, 0.15) is 52.2 Å². The minimum atomic E-state index is -0.477. The smallest absolute Gasteiger partial charge is 0.236 e. The fraction of sp³-hybridized carbons (Fsp3) is 0.579. The number of nitrogens with one attached hydrogen (secondary N) is 1. The maximum atomic E-state index is 12.3. The van der Waals surface area contributed by atoms with Crippen molar-refractivity contribution < 1.29 is 9.59 Å². The summed E-state index contributed by atoms with van der Waals surface area (Å²) < 4.78 is 0. The van der Waals surface area contributed by atoms with E-state index in [4.69, 9.17) is 0 Å². The second kappa shape index (κ2) is 5.99. The standard InChI is InChI=1S/C19H28N2O2/c1-18(2,3)12-16(22)20-10-9-13-7-8-15-14(11-13)19(4,5)17(23)21(15)6/h7-8,11H,9-10,12H2,1-6H3,(H,20,22). The number of nitrogens with zero attached hydrogens (tertiary/aromatic N) is 1. The van der Waals surface area contributed by atoms with Gasteiger partial charge in [0.1, 0.15) is 0 Å². The molecule has 23 heavy (non-hydrogen) atoms. The highest BCUT2D eigenvalue weighted by molar-refractivity contribution is 6.07. The molecular formula is C19H28N2O2. The van der Waals surface area contributed by atoms with Crippen LogP contribution >= 0.6 is 0 Å². The molecular weight excluding hydrogens is 288 g/mol. The highest BCUT2D eigenvalue weighted by Gasteiger charge is 2.42. The van der Waals surface area contributed by atoms with Gasteiger partial charge in [-0.1, -0.05) is 32.9 Å². The Bertz CT molecular complexity index is 627. The van der Waals surface area contributed by atoms with Crippen molar-refractivity contribution in [2.45, 2.75) is 52.9 Å². The molecule has 0 aliphatic carbocycles. The third-order valence-electron chi connectivity index (χ3n) is 4.36. The topological polar surface area (TPSA) is 49.4 Å². The normalized spacial score (nSPS) is 16.4. The molecule has 1 aliphatic heterocycles. The van der Waals surface area contributed by atoms with Gasteiger partial charge < -0.3 is 10.2 Å². The molecule has 4 heteroatoms. The van der Waals surface area contributed by atoms with Crippen LogP contribution in [0.25, 0.3) is 0 Å². The van der Waals surface area contributed by atoms with E-state index in [0.29, 0.717) is 13.0 Å². The van der Waals surface area contributed by atoms with E-state index in [9.17, 15) is 9.59 Å². The van der Waals surface area contributed by atoms with Crippen LogP contribution < -0.4 is 10.2 Å². The lowest BCUT2D eigenvalue weighted by Crippen LogP contribution is -2.33. The van der Waals surface area contributed by atoms with Gasteiger partial charge in [0.05, 0.1) is 5.41 Å². The largest absolute Gasteiger partial charge is 0.356 e. The van der Waals surface area contributed by atoms with Crippen molar-refractivity contribution in [2.75, 3.05) is 18.5 Å². The number of amides is 2. The first-order valence-electron chi connectivity index (χ1n) is 8.20. The average Bonchev–Trinajstić information content (AvgIpc) is 2.58. The Hall–Kier alpha value is -1.84. The van der Waals surface area contributed by atoms with Gasteiger partial charge in [0, 0.05) is 25.7 Å². The Morgan fingerprint density at radius 3 is 2.52 bits per heavy atom. The number of hydrogen-bond donors (Lipinski definition) is 1. The van der Waals surface area contributed by atoms with E-state index >= 15 is 0 Å². The molecule has 0 atom stereocenters. The summed E-state index contributed by atoms with van der Waals surface area (Å²) >= 11 is 0. The first-order valence-corrected chi connectivity index (χ1v) is 8.20. The van der Waals surface area contributed by atoms with Crippen molar-refractivity contribution >= 4 is 17.5 Å². The Balaban J connectivity index is 2.01. The first kappa shape index (κ1) is 17.5. The number of carbonyl (C=O) groups excluding carboxylic acids is 2. The molecule has 0 saturated carbocycles. The molecule has 0 radical (unpaired) electrons. The van der Waals surface area contributed by atoms with Crippen LogP contribution in [0.15, 0.2) is 18.2 Å². The third kappa shape index (κ3) is 3.74. The van der Waals surface area contributed by atoms with Crippen LogP contribution in [-0.4, -0.2) is 25.4 Å². The number of anilines is 1. The van der Waals surface area contributed by atoms with Gasteiger partial charge in [-0.2, -0.15) is 0 Å². The lowest BCUT2D eigenvalue weighted by Gasteiger charge is -2.18. The van der Waals surface area contributed by atoms with Crippen molar-refractivity contribution in [1.29, 1.82) is 0 Å². The highest BCUT2D eigenvalue weighted by atomic mass is 16.2. The maximum Gasteiger partial charge on any atom is 0.236 e. The Kier molecular flexibility index (Phi) is 4.56. The van der Waals surface area contributed by atoms with E-state index < -0.39 is 5.41 Å². The maximum absolute atomic E-state index is 12.3. The minimum absolute atomic E-state index is 0.00657. The molecule has 2 rings (SSSR count). The molecule has 0 saturated heterocycles. The monoisotopic (exact) mass is 316 g/mol. The molecule has 0 bridgehead atoms. The molecule has 1 N–H and O–H groups in total. The predicted octanol–water partition coefficient (Wildman–Crippen LogP) is 3.04. The van der Waals surface area contributed by atoms with Crippen LogP contribution in [0, 0.1) is 5.41 Å². The second-order valence-corrected chi connectivity index (χ2v) is 8.18. The Morgan fingerprint density at radius 1 is 1.26 bits per heavy atom. The summed E-state index contributed by atoms with van der Waals surface area (Å²) in [6, 6.07) is 6.15. The molecule has 1 aromatic carbocycles. The van der Waals surface area contributed by atoms with Crippen molar-refractivity contribution in [3.8, 4) is 0 Å². The van der Waals surface area contributed by atoms with Crippen molar-refractivity contribution in [3.63, 3.8) is 0 Å². The summed E-state index contributed by atoms with van der Waals surface area (Å²) in [5.74, 6) is 0.219. The van der Waals surface area contributed by atoms with E-state index in [1.807, 2.05) is 33.0 Å². The Morgan fingerprint density at radius 2 is 1.91 bits per heavy atom. The molecule has 0 fully saturated rings. The van der Waals surface area contributed by atoms with Gasteiger partial charge in [-0.15, -0.1) is 0 Å². The fourth-order valence-electron chi connectivity index (χ4n) is 3.07. The van der Waals surface area contributed by atoms with Crippen LogP contribution in [0.3, 0.4) is 0 Å². The molecule has 0 aromatic heterocycles. The van der Waals surface area contributed by atoms with E-state index in [-0.39, 0.29) is 17.2 Å². The molecule has 4 nitrogen and oxygen atoms in total. The van der Waals surface area contributed by atoms with Crippen molar-refractivity contribution in [2.24, 2.45) is 5.41 Å². The number of carbonyl (C=O) groups is 2. The first-order chi connectivity index (χ1) is 10.5. The molecule has 126 valence electrons. The van der Waals surface area contributed by atoms with Gasteiger partial charge in [0.15, 0.2) is 0 Å². The minimum Gasteiger partial charge on any atom is -0.356 e. The second-order valence-electron chi connectivity index (χ2n) is 8.18. The van der Waals surface area contributed by atoms with E-state index in [1.54, 1.807) is 4.90 Å². The van der Waals surface area contributed by atoms with E-state index in [0.717, 1.165) is 23.2 Å². The van der Waals surface area contributed by atoms with Gasteiger partial charge in [-0.25, -0.2) is 0 Å². The zero-order valence-corrected chi connectivity index (χ0v) is 15.1. The molecule has 1 heterocycles. The molecule has 1 aliphatic rings. The third-order valence-corrected chi connectivity index (χ3v) is 4.36. The zero-order chi connectivity index (χ0) is 17.4. The molecule has 1 aromatic rings. The summed E-state index contributed by atoms with van der Waals surface area (Å²) in [6.45, 7) is 10.7.